The fourth-order valence-corrected chi connectivity index (χ4v) is 3.72. The molecule has 4 rings (SSSR count). The summed E-state index contributed by atoms with van der Waals surface area (Å²) in [5.41, 5.74) is 15.9. The van der Waals surface area contributed by atoms with Crippen LogP contribution in [0.25, 0.3) is 11.1 Å². The van der Waals surface area contributed by atoms with Crippen molar-refractivity contribution in [1.82, 2.24) is 9.97 Å². The van der Waals surface area contributed by atoms with E-state index >= 15 is 0 Å². The molecule has 3 aromatic rings. The third kappa shape index (κ3) is 3.75. The number of piperidine rings is 1. The Labute approximate surface area is 169 Å². The predicted octanol–water partition coefficient (Wildman–Crippen LogP) is 3.11. The maximum atomic E-state index is 13.1. The number of nitrogens with one attached hydrogen (secondary N) is 1. The number of fused-ring (bicyclic) bond motifs is 1. The second-order valence-corrected chi connectivity index (χ2v) is 7.81. The Morgan fingerprint density at radius 1 is 1.38 bits per heavy atom. The van der Waals surface area contributed by atoms with Crippen molar-refractivity contribution in [3.63, 3.8) is 0 Å². The molecule has 5 N–H and O–H groups in total. The van der Waals surface area contributed by atoms with Crippen LogP contribution in [0, 0.1) is 0 Å². The minimum Gasteiger partial charge on any atom is -0.438 e. The highest BCUT2D eigenvalue weighted by molar-refractivity contribution is 6.15. The first kappa shape index (κ1) is 19.2. The lowest BCUT2D eigenvalue weighted by molar-refractivity contribution is 0.102. The molecule has 0 bridgehead atoms. The summed E-state index contributed by atoms with van der Waals surface area (Å²) < 4.78 is 5.62. The summed E-state index contributed by atoms with van der Waals surface area (Å²) in [7, 11) is 0. The van der Waals surface area contributed by atoms with E-state index in [1.807, 2.05) is 12.1 Å². The van der Waals surface area contributed by atoms with Crippen LogP contribution >= 0.6 is 0 Å². The second kappa shape index (κ2) is 7.71. The molecule has 1 aliphatic rings. The first-order valence-corrected chi connectivity index (χ1v) is 9.88. The molecule has 1 atom stereocenters. The van der Waals surface area contributed by atoms with Gasteiger partial charge in [-0.2, -0.15) is 0 Å². The minimum absolute atomic E-state index is 0.0522. The van der Waals surface area contributed by atoms with Crippen LogP contribution in [0.4, 0.5) is 17.3 Å². The summed E-state index contributed by atoms with van der Waals surface area (Å²) >= 11 is 0. The van der Waals surface area contributed by atoms with Gasteiger partial charge in [-0.1, -0.05) is 13.8 Å². The Morgan fingerprint density at radius 3 is 2.97 bits per heavy atom. The number of nitrogens with two attached hydrogens (primary N) is 2. The van der Waals surface area contributed by atoms with Gasteiger partial charge in [0.1, 0.15) is 11.1 Å². The zero-order chi connectivity index (χ0) is 20.5. The molecule has 1 saturated heterocycles. The van der Waals surface area contributed by atoms with E-state index in [0.717, 1.165) is 37.2 Å². The molecule has 8 nitrogen and oxygen atoms in total. The van der Waals surface area contributed by atoms with Crippen molar-refractivity contribution >= 4 is 34.3 Å². The smallest absolute Gasteiger partial charge is 0.263 e. The number of hydrogen-bond acceptors (Lipinski definition) is 7. The van der Waals surface area contributed by atoms with E-state index in [1.54, 1.807) is 18.6 Å². The number of rotatable bonds is 4. The average Bonchev–Trinajstić information content (AvgIpc) is 3.03. The van der Waals surface area contributed by atoms with E-state index in [-0.39, 0.29) is 23.4 Å². The van der Waals surface area contributed by atoms with E-state index in [2.05, 4.69) is 34.0 Å². The Hall–Kier alpha value is -3.13. The molecular weight excluding hydrogens is 368 g/mol. The highest BCUT2D eigenvalue weighted by Gasteiger charge is 2.24. The summed E-state index contributed by atoms with van der Waals surface area (Å²) in [5.74, 6) is -0.0256. The van der Waals surface area contributed by atoms with Gasteiger partial charge in [-0.25, -0.2) is 0 Å². The third-order valence-electron chi connectivity index (χ3n) is 5.32. The molecule has 29 heavy (non-hydrogen) atoms. The number of nitrogens with zero attached hydrogens (tertiary/aromatic N) is 3. The quantitative estimate of drug-likeness (QED) is 0.621. The van der Waals surface area contributed by atoms with Crippen LogP contribution in [0.1, 0.15) is 48.5 Å². The van der Waals surface area contributed by atoms with Gasteiger partial charge < -0.3 is 26.1 Å². The number of hydrogen-bond donors (Lipinski definition) is 3. The van der Waals surface area contributed by atoms with E-state index in [4.69, 9.17) is 15.9 Å². The van der Waals surface area contributed by atoms with Crippen LogP contribution in [0.3, 0.4) is 0 Å². The summed E-state index contributed by atoms with van der Waals surface area (Å²) in [6, 6.07) is 3.89. The zero-order valence-corrected chi connectivity index (χ0v) is 16.7. The maximum Gasteiger partial charge on any atom is 0.263 e. The summed E-state index contributed by atoms with van der Waals surface area (Å²) in [6.45, 7) is 5.76. The van der Waals surface area contributed by atoms with Gasteiger partial charge in [0.05, 0.1) is 17.6 Å². The van der Waals surface area contributed by atoms with Gasteiger partial charge in [0, 0.05) is 31.5 Å². The fraction of sp³-hybridized carbons (Fsp3) is 0.381. The van der Waals surface area contributed by atoms with Crippen LogP contribution in [0.15, 0.2) is 35.1 Å². The standard InChI is InChI=1S/C21H26N6O2/c1-12(2)13-8-17-19(25-9-13)18(20(23)29-17)21(28)26-15-10-24-6-5-16(15)27-7-3-4-14(22)11-27/h5-6,8-10,12,14H,3-4,7,11,22-23H2,1-2H3,(H,26,28). The molecule has 3 aromatic heterocycles. The summed E-state index contributed by atoms with van der Waals surface area (Å²) in [5, 5.41) is 2.93. The van der Waals surface area contributed by atoms with Crippen molar-refractivity contribution in [3.8, 4) is 0 Å². The van der Waals surface area contributed by atoms with E-state index in [0.29, 0.717) is 22.7 Å². The van der Waals surface area contributed by atoms with Crippen molar-refractivity contribution in [2.75, 3.05) is 29.0 Å². The predicted molar refractivity (Wildman–Crippen MR) is 114 cm³/mol. The molecule has 1 amide bonds. The lowest BCUT2D eigenvalue weighted by atomic mass is 10.1. The summed E-state index contributed by atoms with van der Waals surface area (Å²) in [4.78, 5) is 23.8. The maximum absolute atomic E-state index is 13.1. The highest BCUT2D eigenvalue weighted by atomic mass is 16.3. The number of pyridine rings is 2. The Kier molecular flexibility index (Phi) is 5.10. The number of carbonyl (C=O) groups excluding carboxylic acids is 1. The number of furan rings is 1. The number of nitrogen functional groups attached to an aromatic ring is 1. The van der Waals surface area contributed by atoms with Crippen molar-refractivity contribution < 1.29 is 9.21 Å². The average molecular weight is 394 g/mol. The lowest BCUT2D eigenvalue weighted by Crippen LogP contribution is -2.43. The van der Waals surface area contributed by atoms with Crippen LogP contribution in [0.2, 0.25) is 0 Å². The van der Waals surface area contributed by atoms with Crippen LogP contribution in [-0.2, 0) is 0 Å². The van der Waals surface area contributed by atoms with Gasteiger partial charge in [0.2, 0.25) is 5.88 Å². The van der Waals surface area contributed by atoms with Gasteiger partial charge in [0.25, 0.3) is 5.91 Å². The van der Waals surface area contributed by atoms with Crippen molar-refractivity contribution in [2.45, 2.75) is 38.6 Å². The molecule has 4 heterocycles. The first-order valence-electron chi connectivity index (χ1n) is 9.88. The zero-order valence-electron chi connectivity index (χ0n) is 16.7. The van der Waals surface area contributed by atoms with Gasteiger partial charge in [-0.15, -0.1) is 0 Å². The second-order valence-electron chi connectivity index (χ2n) is 7.81. The van der Waals surface area contributed by atoms with Gasteiger partial charge >= 0.3 is 0 Å². The molecule has 0 spiro atoms. The topological polar surface area (TPSA) is 123 Å². The van der Waals surface area contributed by atoms with Gasteiger partial charge in [-0.3, -0.25) is 14.8 Å². The number of carbonyl (C=O) groups is 1. The summed E-state index contributed by atoms with van der Waals surface area (Å²) in [6.07, 6.45) is 7.12. The van der Waals surface area contributed by atoms with E-state index in [9.17, 15) is 4.79 Å². The van der Waals surface area contributed by atoms with Crippen LogP contribution in [-0.4, -0.2) is 35.0 Å². The lowest BCUT2D eigenvalue weighted by Gasteiger charge is -2.33. The largest absolute Gasteiger partial charge is 0.438 e. The molecule has 1 aliphatic heterocycles. The Morgan fingerprint density at radius 2 is 2.21 bits per heavy atom. The molecular formula is C21H26N6O2. The van der Waals surface area contributed by atoms with Crippen LogP contribution < -0.4 is 21.7 Å². The molecule has 1 fully saturated rings. The number of anilines is 3. The normalized spacial score (nSPS) is 17.1. The first-order chi connectivity index (χ1) is 13.9. The number of aromatic nitrogens is 2. The molecule has 8 heteroatoms. The Bertz CT molecular complexity index is 1040. The highest BCUT2D eigenvalue weighted by Crippen LogP contribution is 2.31. The minimum atomic E-state index is -0.374. The molecule has 0 aliphatic carbocycles. The molecule has 152 valence electrons. The fourth-order valence-electron chi connectivity index (χ4n) is 3.72. The van der Waals surface area contributed by atoms with Crippen molar-refractivity contribution in [3.05, 3.63) is 41.9 Å². The SMILES string of the molecule is CC(C)c1cnc2c(C(=O)Nc3cnccc3N3CCCC(N)C3)c(N)oc2c1. The monoisotopic (exact) mass is 394 g/mol. The molecule has 1 unspecified atom stereocenters. The molecule has 0 saturated carbocycles. The van der Waals surface area contributed by atoms with E-state index < -0.39 is 0 Å². The van der Waals surface area contributed by atoms with Crippen molar-refractivity contribution in [1.29, 1.82) is 0 Å². The molecule has 0 aromatic carbocycles. The number of amides is 1. The van der Waals surface area contributed by atoms with Gasteiger partial charge in [-0.05, 0) is 36.5 Å². The van der Waals surface area contributed by atoms with Crippen LogP contribution in [0.5, 0.6) is 0 Å². The molecule has 0 radical (unpaired) electrons. The third-order valence-corrected chi connectivity index (χ3v) is 5.32. The Balaban J connectivity index is 1.65. The van der Waals surface area contributed by atoms with E-state index in [1.165, 1.54) is 0 Å². The van der Waals surface area contributed by atoms with Crippen molar-refractivity contribution in [2.24, 2.45) is 5.73 Å². The van der Waals surface area contributed by atoms with Gasteiger partial charge in [0.15, 0.2) is 5.58 Å².